The first-order valence-corrected chi connectivity index (χ1v) is 9.04. The van der Waals surface area contributed by atoms with Crippen LogP contribution in [0.4, 0.5) is 18.9 Å². The Bertz CT molecular complexity index is 894. The fourth-order valence-electron chi connectivity index (χ4n) is 3.04. The summed E-state index contributed by atoms with van der Waals surface area (Å²) in [6, 6.07) is 10.7. The molecule has 0 bridgehead atoms. The number of para-hydroxylation sites is 1. The van der Waals surface area contributed by atoms with Gasteiger partial charge in [0.15, 0.2) is 0 Å². The quantitative estimate of drug-likeness (QED) is 0.828. The van der Waals surface area contributed by atoms with Gasteiger partial charge in [0, 0.05) is 18.7 Å². The van der Waals surface area contributed by atoms with Gasteiger partial charge in [0.2, 0.25) is 0 Å². The Kier molecular flexibility index (Phi) is 4.40. The van der Waals surface area contributed by atoms with Gasteiger partial charge in [0.25, 0.3) is 9.84 Å². The summed E-state index contributed by atoms with van der Waals surface area (Å²) in [7, 11) is -3.85. The van der Waals surface area contributed by atoms with E-state index in [4.69, 9.17) is 4.74 Å². The number of halogens is 3. The number of sulfone groups is 1. The highest BCUT2D eigenvalue weighted by Crippen LogP contribution is 2.38. The Morgan fingerprint density at radius 3 is 2.48 bits per heavy atom. The molecule has 0 N–H and O–H groups in total. The first-order chi connectivity index (χ1) is 11.8. The summed E-state index contributed by atoms with van der Waals surface area (Å²) in [6.45, 7) is 0.717. The van der Waals surface area contributed by atoms with Crippen LogP contribution in [0.15, 0.2) is 47.4 Å². The highest BCUT2D eigenvalue weighted by Gasteiger charge is 2.48. The Balaban J connectivity index is 2.03. The lowest BCUT2D eigenvalue weighted by Gasteiger charge is -2.32. The molecule has 1 heterocycles. The van der Waals surface area contributed by atoms with Crippen LogP contribution in [-0.2, 0) is 22.8 Å². The van der Waals surface area contributed by atoms with Crippen molar-refractivity contribution in [3.63, 3.8) is 0 Å². The molecule has 0 aliphatic carbocycles. The van der Waals surface area contributed by atoms with Gasteiger partial charge >= 0.3 is 5.51 Å². The predicted octanol–water partition coefficient (Wildman–Crippen LogP) is 3.55. The summed E-state index contributed by atoms with van der Waals surface area (Å²) in [4.78, 5) is 0.939. The van der Waals surface area contributed by atoms with Crippen molar-refractivity contribution in [2.75, 3.05) is 18.6 Å². The van der Waals surface area contributed by atoms with Gasteiger partial charge in [-0.25, -0.2) is 8.42 Å². The second-order valence-corrected chi connectivity index (χ2v) is 7.60. The predicted molar refractivity (Wildman–Crippen MR) is 87.4 cm³/mol. The van der Waals surface area contributed by atoms with Crippen LogP contribution in [0.1, 0.15) is 11.1 Å². The van der Waals surface area contributed by atoms with Crippen LogP contribution in [0.3, 0.4) is 0 Å². The second kappa shape index (κ2) is 6.25. The molecule has 0 spiro atoms. The first-order valence-electron chi connectivity index (χ1n) is 7.56. The summed E-state index contributed by atoms with van der Waals surface area (Å²) in [6.07, 6.45) is 0.555. The molecular weight excluding hydrogens is 355 g/mol. The van der Waals surface area contributed by atoms with Crippen LogP contribution in [0.25, 0.3) is 0 Å². The fourth-order valence-corrected chi connectivity index (χ4v) is 4.02. The van der Waals surface area contributed by atoms with E-state index in [2.05, 4.69) is 0 Å². The largest absolute Gasteiger partial charge is 0.501 e. The number of anilines is 1. The third kappa shape index (κ3) is 3.06. The zero-order valence-corrected chi connectivity index (χ0v) is 14.2. The molecule has 0 atom stereocenters. The SMILES string of the molecule is COc1cccc2c1CCN(c1ccccc1S(=O)(=O)C(F)(F)F)C2. The molecule has 0 radical (unpaired) electrons. The maximum Gasteiger partial charge on any atom is 0.501 e. The van der Waals surface area contributed by atoms with Crippen LogP contribution in [0.2, 0.25) is 0 Å². The maximum atomic E-state index is 13.0. The molecule has 0 aromatic heterocycles. The van der Waals surface area contributed by atoms with E-state index in [0.29, 0.717) is 19.5 Å². The van der Waals surface area contributed by atoms with Crippen LogP contribution in [0, 0.1) is 0 Å². The number of alkyl halides is 3. The minimum Gasteiger partial charge on any atom is -0.496 e. The first kappa shape index (κ1) is 17.6. The van der Waals surface area contributed by atoms with Gasteiger partial charge in [-0.2, -0.15) is 13.2 Å². The van der Waals surface area contributed by atoms with E-state index in [-0.39, 0.29) is 5.69 Å². The summed E-state index contributed by atoms with van der Waals surface area (Å²) < 4.78 is 68.0. The summed E-state index contributed by atoms with van der Waals surface area (Å²) in [5, 5.41) is 0. The standard InChI is InChI=1S/C17H16F3NO3S/c1-24-15-7-4-5-12-11-21(10-9-13(12)15)14-6-2-3-8-16(14)25(22,23)17(18,19)20/h2-8H,9-11H2,1H3. The lowest BCUT2D eigenvalue weighted by atomic mass is 9.98. The number of hydrogen-bond acceptors (Lipinski definition) is 4. The van der Waals surface area contributed by atoms with E-state index < -0.39 is 20.2 Å². The van der Waals surface area contributed by atoms with Gasteiger partial charge in [0.05, 0.1) is 17.7 Å². The molecule has 134 valence electrons. The zero-order valence-electron chi connectivity index (χ0n) is 13.4. The van der Waals surface area contributed by atoms with Gasteiger partial charge in [-0.1, -0.05) is 24.3 Å². The Labute approximate surface area is 143 Å². The molecule has 2 aromatic rings. The van der Waals surface area contributed by atoms with Gasteiger partial charge in [-0.15, -0.1) is 0 Å². The Morgan fingerprint density at radius 2 is 1.80 bits per heavy atom. The number of nitrogens with zero attached hydrogens (tertiary/aromatic N) is 1. The van der Waals surface area contributed by atoms with E-state index in [9.17, 15) is 21.6 Å². The second-order valence-electron chi connectivity index (χ2n) is 5.69. The van der Waals surface area contributed by atoms with Crippen LogP contribution in [-0.4, -0.2) is 27.6 Å². The molecule has 1 aliphatic heterocycles. The zero-order chi connectivity index (χ0) is 18.2. The van der Waals surface area contributed by atoms with Crippen LogP contribution < -0.4 is 9.64 Å². The smallest absolute Gasteiger partial charge is 0.496 e. The van der Waals surface area contributed by atoms with Crippen molar-refractivity contribution in [1.82, 2.24) is 0 Å². The third-order valence-corrected chi connectivity index (χ3v) is 5.78. The van der Waals surface area contributed by atoms with Gasteiger partial charge in [0.1, 0.15) is 5.75 Å². The molecule has 2 aromatic carbocycles. The van der Waals surface area contributed by atoms with E-state index in [1.54, 1.807) is 18.1 Å². The summed E-state index contributed by atoms with van der Waals surface area (Å²) in [5.74, 6) is 0.730. The molecule has 0 fully saturated rings. The van der Waals surface area contributed by atoms with E-state index in [0.717, 1.165) is 22.9 Å². The molecule has 1 aliphatic rings. The lowest BCUT2D eigenvalue weighted by Crippen LogP contribution is -2.33. The number of methoxy groups -OCH3 is 1. The highest BCUT2D eigenvalue weighted by atomic mass is 32.2. The van der Waals surface area contributed by atoms with Crippen LogP contribution in [0.5, 0.6) is 5.75 Å². The Morgan fingerprint density at radius 1 is 1.08 bits per heavy atom. The normalized spacial score (nSPS) is 15.0. The topological polar surface area (TPSA) is 46.6 Å². The molecule has 0 unspecified atom stereocenters. The van der Waals surface area contributed by atoms with Gasteiger partial charge < -0.3 is 9.64 Å². The van der Waals surface area contributed by atoms with Crippen molar-refractivity contribution >= 4 is 15.5 Å². The van der Waals surface area contributed by atoms with Crippen molar-refractivity contribution in [3.8, 4) is 5.75 Å². The minimum atomic E-state index is -5.41. The monoisotopic (exact) mass is 371 g/mol. The van der Waals surface area contributed by atoms with E-state index in [1.165, 1.54) is 18.2 Å². The molecule has 8 heteroatoms. The Hall–Kier alpha value is -2.22. The van der Waals surface area contributed by atoms with Crippen molar-refractivity contribution in [1.29, 1.82) is 0 Å². The minimum absolute atomic E-state index is 0.0632. The number of fused-ring (bicyclic) bond motifs is 1. The molecular formula is C17H16F3NO3S. The van der Waals surface area contributed by atoms with Crippen LogP contribution >= 0.6 is 0 Å². The van der Waals surface area contributed by atoms with Crippen molar-refractivity contribution in [2.45, 2.75) is 23.4 Å². The third-order valence-electron chi connectivity index (χ3n) is 4.24. The molecule has 25 heavy (non-hydrogen) atoms. The number of rotatable bonds is 3. The maximum absolute atomic E-state index is 13.0. The molecule has 0 saturated carbocycles. The fraction of sp³-hybridized carbons (Fsp3) is 0.294. The lowest BCUT2D eigenvalue weighted by molar-refractivity contribution is -0.0435. The molecule has 3 rings (SSSR count). The molecule has 4 nitrogen and oxygen atoms in total. The number of hydrogen-bond donors (Lipinski definition) is 0. The average molecular weight is 371 g/mol. The van der Waals surface area contributed by atoms with Gasteiger partial charge in [-0.05, 0) is 30.2 Å². The molecule has 0 saturated heterocycles. The van der Waals surface area contributed by atoms with Crippen molar-refractivity contribution < 1.29 is 26.3 Å². The van der Waals surface area contributed by atoms with E-state index in [1.807, 2.05) is 12.1 Å². The van der Waals surface area contributed by atoms with Gasteiger partial charge in [-0.3, -0.25) is 0 Å². The summed E-state index contributed by atoms with van der Waals surface area (Å²) >= 11 is 0. The van der Waals surface area contributed by atoms with Crippen molar-refractivity contribution in [2.24, 2.45) is 0 Å². The molecule has 0 amide bonds. The summed E-state index contributed by atoms with van der Waals surface area (Å²) in [5.41, 5.74) is -3.37. The average Bonchev–Trinajstić information content (AvgIpc) is 2.59. The van der Waals surface area contributed by atoms with E-state index >= 15 is 0 Å². The highest BCUT2D eigenvalue weighted by molar-refractivity contribution is 7.92. The number of benzene rings is 2. The number of ether oxygens (including phenoxy) is 1. The van der Waals surface area contributed by atoms with Crippen molar-refractivity contribution in [3.05, 3.63) is 53.6 Å².